The van der Waals surface area contributed by atoms with Crippen LogP contribution in [-0.4, -0.2) is 47.4 Å². The molecule has 0 aromatic carbocycles. The van der Waals surface area contributed by atoms with Gasteiger partial charge in [0.1, 0.15) is 0 Å². The van der Waals surface area contributed by atoms with Crippen LogP contribution in [0, 0.1) is 0 Å². The Hall–Kier alpha value is 0.300. The first-order valence-electron chi connectivity index (χ1n) is 3.67. The SMILES string of the molecule is CP(C)(C)(C)OS(=O)(=O)CCN. The Kier molecular flexibility index (Phi) is 3.30. The van der Waals surface area contributed by atoms with E-state index in [1.807, 2.05) is 26.7 Å². The van der Waals surface area contributed by atoms with E-state index in [0.717, 1.165) is 0 Å². The van der Waals surface area contributed by atoms with Gasteiger partial charge in [0.05, 0.1) is 0 Å². The predicted octanol–water partition coefficient (Wildman–Crippen LogP) is 0.279. The Morgan fingerprint density at radius 1 is 1.25 bits per heavy atom. The number of nitrogens with two attached hydrogens (primary N) is 1. The molecule has 0 aliphatic heterocycles. The molecule has 2 N–H and O–H groups in total. The van der Waals surface area contributed by atoms with E-state index < -0.39 is 16.9 Å². The van der Waals surface area contributed by atoms with Crippen molar-refractivity contribution in [3.63, 3.8) is 0 Å². The predicted molar refractivity (Wildman–Crippen MR) is 54.5 cm³/mol. The van der Waals surface area contributed by atoms with E-state index in [0.29, 0.717) is 0 Å². The first-order valence-corrected chi connectivity index (χ1v) is 9.19. The van der Waals surface area contributed by atoms with Gasteiger partial charge in [0.25, 0.3) is 0 Å². The van der Waals surface area contributed by atoms with Gasteiger partial charge in [-0.15, -0.1) is 0 Å². The third kappa shape index (κ3) is 6.98. The molecule has 4 nitrogen and oxygen atoms in total. The molecule has 12 heavy (non-hydrogen) atoms. The van der Waals surface area contributed by atoms with Gasteiger partial charge in [0, 0.05) is 0 Å². The average Bonchev–Trinajstić information content (AvgIpc) is 1.52. The zero-order chi connectivity index (χ0) is 10.1. The zero-order valence-electron chi connectivity index (χ0n) is 8.07. The van der Waals surface area contributed by atoms with E-state index in [9.17, 15) is 8.42 Å². The fraction of sp³-hybridized carbons (Fsp3) is 1.00. The summed E-state index contributed by atoms with van der Waals surface area (Å²) in [6.07, 6.45) is 0. The monoisotopic (exact) mass is 215 g/mol. The Labute approximate surface area is 74.6 Å². The van der Waals surface area contributed by atoms with Gasteiger partial charge in [-0.2, -0.15) is 0 Å². The van der Waals surface area contributed by atoms with E-state index in [4.69, 9.17) is 9.70 Å². The van der Waals surface area contributed by atoms with Crippen LogP contribution in [0.15, 0.2) is 0 Å². The van der Waals surface area contributed by atoms with Crippen LogP contribution in [0.4, 0.5) is 0 Å². The van der Waals surface area contributed by atoms with Gasteiger partial charge in [-0.1, -0.05) is 0 Å². The van der Waals surface area contributed by atoms with Crippen LogP contribution in [-0.2, 0) is 14.1 Å². The molecule has 0 aromatic heterocycles. The Bertz CT molecular complexity index is 242. The fourth-order valence-electron chi connectivity index (χ4n) is 0.636. The van der Waals surface area contributed by atoms with Crippen LogP contribution in [0.1, 0.15) is 0 Å². The molecule has 0 atom stereocenters. The Morgan fingerprint density at radius 2 is 1.67 bits per heavy atom. The quantitative estimate of drug-likeness (QED) is 0.684. The van der Waals surface area contributed by atoms with Crippen molar-refractivity contribution in [2.75, 3.05) is 39.0 Å². The van der Waals surface area contributed by atoms with Crippen molar-refractivity contribution in [2.24, 2.45) is 5.73 Å². The molecular formula is C6H18NO3PS. The topological polar surface area (TPSA) is 69.4 Å². The second kappa shape index (κ2) is 3.22. The number of hydrogen-bond acceptors (Lipinski definition) is 4. The van der Waals surface area contributed by atoms with E-state index >= 15 is 0 Å². The first-order chi connectivity index (χ1) is 5.02. The van der Waals surface area contributed by atoms with Gasteiger partial charge in [0.15, 0.2) is 0 Å². The van der Waals surface area contributed by atoms with Gasteiger partial charge in [-0.3, -0.25) is 0 Å². The molecule has 0 heterocycles. The third-order valence-corrected chi connectivity index (χ3v) is 4.81. The second-order valence-corrected chi connectivity index (χ2v) is 13.5. The van der Waals surface area contributed by atoms with Crippen LogP contribution in [0.25, 0.3) is 0 Å². The molecular weight excluding hydrogens is 197 g/mol. The summed E-state index contributed by atoms with van der Waals surface area (Å²) in [5.41, 5.74) is 5.13. The summed E-state index contributed by atoms with van der Waals surface area (Å²) in [6.45, 7) is 5.01. The summed E-state index contributed by atoms with van der Waals surface area (Å²) in [7, 11) is -3.41. The zero-order valence-corrected chi connectivity index (χ0v) is 9.78. The maximum atomic E-state index is 11.2. The number of rotatable bonds is 4. The molecule has 0 aliphatic rings. The summed E-state index contributed by atoms with van der Waals surface area (Å²) in [4.78, 5) is 0. The van der Waals surface area contributed by atoms with Gasteiger partial charge in [-0.05, 0) is 0 Å². The van der Waals surface area contributed by atoms with Crippen LogP contribution >= 0.6 is 6.83 Å². The molecule has 0 radical (unpaired) electrons. The normalized spacial score (nSPS) is 16.9. The van der Waals surface area contributed by atoms with Gasteiger partial charge in [0.2, 0.25) is 0 Å². The Balaban J connectivity index is 4.48. The van der Waals surface area contributed by atoms with Crippen molar-refractivity contribution in [2.45, 2.75) is 0 Å². The standard InChI is InChI=1S/C6H18NO3PS/c1-11(2,3,4)10-12(8,9)6-5-7/h5-7H2,1-4H3. The maximum absolute atomic E-state index is 11.2. The molecule has 0 saturated heterocycles. The van der Waals surface area contributed by atoms with Crippen molar-refractivity contribution in [1.29, 1.82) is 0 Å². The minimum atomic E-state index is -3.41. The van der Waals surface area contributed by atoms with Crippen molar-refractivity contribution in [1.82, 2.24) is 0 Å². The van der Waals surface area contributed by atoms with Crippen LogP contribution < -0.4 is 5.73 Å². The van der Waals surface area contributed by atoms with Crippen LogP contribution in [0.5, 0.6) is 0 Å². The number of hydrogen-bond donors (Lipinski definition) is 1. The summed E-state index contributed by atoms with van der Waals surface area (Å²) in [5.74, 6) is -0.103. The van der Waals surface area contributed by atoms with Gasteiger partial charge >= 0.3 is 74.0 Å². The third-order valence-electron chi connectivity index (χ3n) is 0.780. The van der Waals surface area contributed by atoms with E-state index in [1.54, 1.807) is 0 Å². The second-order valence-electron chi connectivity index (χ2n) is 4.54. The van der Waals surface area contributed by atoms with Crippen LogP contribution in [0.2, 0.25) is 0 Å². The van der Waals surface area contributed by atoms with Gasteiger partial charge < -0.3 is 0 Å². The molecule has 0 spiro atoms. The molecule has 6 heteroatoms. The molecule has 0 fully saturated rings. The van der Waals surface area contributed by atoms with Crippen molar-refractivity contribution >= 4 is 16.9 Å². The van der Waals surface area contributed by atoms with E-state index in [-0.39, 0.29) is 12.3 Å². The van der Waals surface area contributed by atoms with Crippen molar-refractivity contribution in [3.8, 4) is 0 Å². The molecule has 0 aromatic rings. The van der Waals surface area contributed by atoms with E-state index in [2.05, 4.69) is 0 Å². The molecule has 0 bridgehead atoms. The van der Waals surface area contributed by atoms with E-state index in [1.165, 1.54) is 0 Å². The molecule has 0 rings (SSSR count). The van der Waals surface area contributed by atoms with Crippen LogP contribution in [0.3, 0.4) is 0 Å². The van der Waals surface area contributed by atoms with Crippen molar-refractivity contribution in [3.05, 3.63) is 0 Å². The summed E-state index contributed by atoms with van der Waals surface area (Å²) in [6, 6.07) is 0. The summed E-state index contributed by atoms with van der Waals surface area (Å²) < 4.78 is 27.4. The first kappa shape index (κ1) is 12.3. The Morgan fingerprint density at radius 3 is 1.92 bits per heavy atom. The molecule has 0 unspecified atom stereocenters. The average molecular weight is 215 g/mol. The van der Waals surface area contributed by atoms with Crippen molar-refractivity contribution < 1.29 is 12.4 Å². The summed E-state index contributed by atoms with van der Waals surface area (Å²) in [5, 5.41) is 0. The fourth-order valence-corrected chi connectivity index (χ4v) is 4.86. The minimum absolute atomic E-state index is 0.103. The summed E-state index contributed by atoms with van der Waals surface area (Å²) >= 11 is 0. The molecule has 0 amide bonds. The molecule has 0 saturated carbocycles. The molecule has 76 valence electrons. The molecule has 0 aliphatic carbocycles. The van der Waals surface area contributed by atoms with Gasteiger partial charge in [-0.25, -0.2) is 0 Å².